The van der Waals surface area contributed by atoms with Crippen LogP contribution in [0.3, 0.4) is 0 Å². The number of hydrogen-bond donors (Lipinski definition) is 2. The molecule has 0 atom stereocenters. The Hall–Kier alpha value is -2.92. The number of nitrogens with one attached hydrogen (secondary N) is 2. The van der Waals surface area contributed by atoms with Crippen LogP contribution in [0.5, 0.6) is 0 Å². The summed E-state index contributed by atoms with van der Waals surface area (Å²) >= 11 is 1.68. The lowest BCUT2D eigenvalue weighted by Crippen LogP contribution is -2.24. The van der Waals surface area contributed by atoms with Gasteiger partial charge in [-0.3, -0.25) is 9.78 Å². The van der Waals surface area contributed by atoms with Gasteiger partial charge in [-0.05, 0) is 34.7 Å². The van der Waals surface area contributed by atoms with E-state index >= 15 is 0 Å². The average Bonchev–Trinajstić information content (AvgIpc) is 3.31. The van der Waals surface area contributed by atoms with E-state index in [9.17, 15) is 4.79 Å². The van der Waals surface area contributed by atoms with Crippen molar-refractivity contribution in [3.63, 3.8) is 0 Å². The molecule has 124 valence electrons. The molecule has 0 unspecified atom stereocenters. The van der Waals surface area contributed by atoms with Gasteiger partial charge in [-0.15, -0.1) is 11.3 Å². The zero-order chi connectivity index (χ0) is 17.1. The second-order valence-electron chi connectivity index (χ2n) is 5.87. The van der Waals surface area contributed by atoms with Gasteiger partial charge in [0.2, 0.25) is 5.91 Å². The van der Waals surface area contributed by atoms with Gasteiger partial charge >= 0.3 is 0 Å². The highest BCUT2D eigenvalue weighted by molar-refractivity contribution is 7.13. The summed E-state index contributed by atoms with van der Waals surface area (Å²) in [6, 6.07) is 14.2. The van der Waals surface area contributed by atoms with E-state index in [0.29, 0.717) is 13.0 Å². The van der Waals surface area contributed by atoms with Gasteiger partial charge in [0.1, 0.15) is 0 Å². The topological polar surface area (TPSA) is 57.8 Å². The zero-order valence-corrected chi connectivity index (χ0v) is 14.3. The fourth-order valence-electron chi connectivity index (χ4n) is 2.88. The highest BCUT2D eigenvalue weighted by atomic mass is 32.1. The smallest absolute Gasteiger partial charge is 0.224 e. The molecular formula is C20H17N3OS. The number of benzene rings is 1. The third kappa shape index (κ3) is 3.46. The molecule has 4 aromatic rings. The Morgan fingerprint density at radius 1 is 1.16 bits per heavy atom. The number of nitrogens with zero attached hydrogens (tertiary/aromatic N) is 1. The number of hydrogen-bond acceptors (Lipinski definition) is 3. The van der Waals surface area contributed by atoms with Gasteiger partial charge < -0.3 is 10.3 Å². The van der Waals surface area contributed by atoms with Crippen molar-refractivity contribution in [2.45, 2.75) is 13.0 Å². The summed E-state index contributed by atoms with van der Waals surface area (Å²) in [6.07, 6.45) is 5.91. The second kappa shape index (κ2) is 6.91. The molecule has 4 nitrogen and oxygen atoms in total. The van der Waals surface area contributed by atoms with Crippen LogP contribution in [0.25, 0.3) is 21.3 Å². The maximum atomic E-state index is 12.3. The first-order valence-electron chi connectivity index (χ1n) is 8.09. The molecular weight excluding hydrogens is 330 g/mol. The molecule has 0 aliphatic carbocycles. The van der Waals surface area contributed by atoms with Crippen LogP contribution in [0.2, 0.25) is 0 Å². The van der Waals surface area contributed by atoms with Gasteiger partial charge in [0.05, 0.1) is 6.42 Å². The maximum absolute atomic E-state index is 12.3. The number of fused-ring (bicyclic) bond motifs is 1. The van der Waals surface area contributed by atoms with E-state index in [0.717, 1.165) is 27.6 Å². The second-order valence-corrected chi connectivity index (χ2v) is 6.82. The molecule has 0 fully saturated rings. The largest absolute Gasteiger partial charge is 0.361 e. The lowest BCUT2D eigenvalue weighted by atomic mass is 10.1. The molecule has 5 heteroatoms. The van der Waals surface area contributed by atoms with Crippen molar-refractivity contribution < 1.29 is 4.79 Å². The number of pyridine rings is 1. The molecule has 0 saturated carbocycles. The Morgan fingerprint density at radius 2 is 2.08 bits per heavy atom. The highest BCUT2D eigenvalue weighted by Crippen LogP contribution is 2.24. The minimum Gasteiger partial charge on any atom is -0.361 e. The van der Waals surface area contributed by atoms with E-state index in [1.54, 1.807) is 17.5 Å². The predicted octanol–water partition coefficient (Wildman–Crippen LogP) is 4.15. The molecule has 0 aliphatic heterocycles. The molecule has 1 aromatic carbocycles. The van der Waals surface area contributed by atoms with Crippen molar-refractivity contribution in [2.24, 2.45) is 0 Å². The summed E-state index contributed by atoms with van der Waals surface area (Å²) in [5, 5.41) is 6.13. The number of thiophene rings is 1. The van der Waals surface area contributed by atoms with Gasteiger partial charge in [-0.25, -0.2) is 0 Å². The Balaban J connectivity index is 1.41. The Kier molecular flexibility index (Phi) is 4.31. The molecule has 0 aliphatic rings. The quantitative estimate of drug-likeness (QED) is 0.570. The third-order valence-corrected chi connectivity index (χ3v) is 5.04. The van der Waals surface area contributed by atoms with Crippen molar-refractivity contribution >= 4 is 28.1 Å². The van der Waals surface area contributed by atoms with Gasteiger partial charge in [-0.2, -0.15) is 0 Å². The molecule has 0 radical (unpaired) electrons. The summed E-state index contributed by atoms with van der Waals surface area (Å²) < 4.78 is 0. The SMILES string of the molecule is O=C(Cc1c[nH]c2ccccc12)NCc1cncc(-c2cccs2)c1. The number of H-pyrrole nitrogens is 1. The van der Waals surface area contributed by atoms with Crippen molar-refractivity contribution in [1.29, 1.82) is 0 Å². The van der Waals surface area contributed by atoms with E-state index in [-0.39, 0.29) is 5.91 Å². The standard InChI is InChI=1S/C20H17N3OS/c24-20(9-15-13-22-18-5-2-1-4-17(15)18)23-11-14-8-16(12-21-10-14)19-6-3-7-25-19/h1-8,10,12-13,22H,9,11H2,(H,23,24). The number of rotatable bonds is 5. The number of amides is 1. The van der Waals surface area contributed by atoms with Crippen LogP contribution in [0.1, 0.15) is 11.1 Å². The first-order valence-corrected chi connectivity index (χ1v) is 8.97. The van der Waals surface area contributed by atoms with Crippen molar-refractivity contribution in [1.82, 2.24) is 15.3 Å². The van der Waals surface area contributed by atoms with Crippen LogP contribution >= 0.6 is 11.3 Å². The predicted molar refractivity (Wildman–Crippen MR) is 101 cm³/mol. The molecule has 25 heavy (non-hydrogen) atoms. The molecule has 0 spiro atoms. The molecule has 3 aromatic heterocycles. The Labute approximate surface area is 149 Å². The number of carbonyl (C=O) groups is 1. The summed E-state index contributed by atoms with van der Waals surface area (Å²) in [5.41, 5.74) is 4.15. The van der Waals surface area contributed by atoms with Crippen LogP contribution < -0.4 is 5.32 Å². The van der Waals surface area contributed by atoms with Gasteiger partial charge in [0.15, 0.2) is 0 Å². The van der Waals surface area contributed by atoms with Crippen LogP contribution in [-0.4, -0.2) is 15.9 Å². The van der Waals surface area contributed by atoms with Crippen LogP contribution in [0.15, 0.2) is 66.4 Å². The van der Waals surface area contributed by atoms with Gasteiger partial charge in [-0.1, -0.05) is 24.3 Å². The first-order chi connectivity index (χ1) is 12.3. The van der Waals surface area contributed by atoms with Gasteiger partial charge in [0, 0.05) is 46.5 Å². The Morgan fingerprint density at radius 3 is 2.96 bits per heavy atom. The van der Waals surface area contributed by atoms with E-state index < -0.39 is 0 Å². The highest BCUT2D eigenvalue weighted by Gasteiger charge is 2.09. The van der Waals surface area contributed by atoms with Crippen LogP contribution in [0, 0.1) is 0 Å². The summed E-state index contributed by atoms with van der Waals surface area (Å²) in [7, 11) is 0. The Bertz CT molecular complexity index is 1000. The van der Waals surface area contributed by atoms with E-state index in [1.807, 2.05) is 48.1 Å². The fourth-order valence-corrected chi connectivity index (χ4v) is 3.58. The van der Waals surface area contributed by atoms with Crippen molar-refractivity contribution in [3.8, 4) is 10.4 Å². The lowest BCUT2D eigenvalue weighted by Gasteiger charge is -2.06. The van der Waals surface area contributed by atoms with E-state index in [2.05, 4.69) is 27.4 Å². The monoisotopic (exact) mass is 347 g/mol. The number of carbonyl (C=O) groups excluding carboxylic acids is 1. The molecule has 0 bridgehead atoms. The molecule has 0 saturated heterocycles. The zero-order valence-electron chi connectivity index (χ0n) is 13.5. The summed E-state index contributed by atoms with van der Waals surface area (Å²) in [5.74, 6) is 0.00581. The molecule has 2 N–H and O–H groups in total. The van der Waals surface area contributed by atoms with Crippen LogP contribution in [-0.2, 0) is 17.8 Å². The summed E-state index contributed by atoms with van der Waals surface area (Å²) in [6.45, 7) is 0.480. The van der Waals surface area contributed by atoms with Crippen molar-refractivity contribution in [3.05, 3.63) is 77.6 Å². The minimum absolute atomic E-state index is 0.00581. The van der Waals surface area contributed by atoms with E-state index in [4.69, 9.17) is 0 Å². The normalized spacial score (nSPS) is 10.9. The minimum atomic E-state index is 0.00581. The maximum Gasteiger partial charge on any atom is 0.224 e. The number of aromatic amines is 1. The third-order valence-electron chi connectivity index (χ3n) is 4.12. The van der Waals surface area contributed by atoms with E-state index in [1.165, 1.54) is 4.88 Å². The molecule has 4 rings (SSSR count). The lowest BCUT2D eigenvalue weighted by molar-refractivity contribution is -0.120. The van der Waals surface area contributed by atoms with Crippen LogP contribution in [0.4, 0.5) is 0 Å². The molecule has 1 amide bonds. The number of para-hydroxylation sites is 1. The fraction of sp³-hybridized carbons (Fsp3) is 0.100. The van der Waals surface area contributed by atoms with Gasteiger partial charge in [0.25, 0.3) is 0 Å². The van der Waals surface area contributed by atoms with Crippen molar-refractivity contribution in [2.75, 3.05) is 0 Å². The summed E-state index contributed by atoms with van der Waals surface area (Å²) in [4.78, 5) is 21.0. The number of aromatic nitrogens is 2. The average molecular weight is 347 g/mol. The first kappa shape index (κ1) is 15.6. The molecule has 3 heterocycles.